The van der Waals surface area contributed by atoms with E-state index in [1.165, 1.54) is 7.11 Å². The van der Waals surface area contributed by atoms with Gasteiger partial charge in [0, 0.05) is 12.2 Å². The topological polar surface area (TPSA) is 44.8 Å². The van der Waals surface area contributed by atoms with Crippen molar-refractivity contribution < 1.29 is 19.0 Å². The van der Waals surface area contributed by atoms with Crippen LogP contribution in [0, 0.1) is 5.92 Å². The number of carbonyl (C=O) groups excluding carboxylic acids is 1. The first-order valence-corrected chi connectivity index (χ1v) is 7.27. The summed E-state index contributed by atoms with van der Waals surface area (Å²) in [5.41, 5.74) is 1.93. The molecule has 2 aliphatic rings. The Balaban J connectivity index is 1.92. The van der Waals surface area contributed by atoms with Crippen molar-refractivity contribution >= 4 is 5.97 Å². The van der Waals surface area contributed by atoms with Crippen molar-refractivity contribution in [3.05, 3.63) is 11.1 Å². The van der Waals surface area contributed by atoms with Gasteiger partial charge in [0.1, 0.15) is 0 Å². The van der Waals surface area contributed by atoms with E-state index in [1.807, 2.05) is 0 Å². The Bertz CT molecular complexity index is 342. The molecule has 1 fully saturated rings. The molecule has 108 valence electrons. The van der Waals surface area contributed by atoms with Gasteiger partial charge in [-0.2, -0.15) is 0 Å². The third-order valence-corrected chi connectivity index (χ3v) is 4.05. The molecular formula is C15H24O4. The highest BCUT2D eigenvalue weighted by atomic mass is 16.7. The van der Waals surface area contributed by atoms with Crippen LogP contribution in [0.1, 0.15) is 45.4 Å². The standard InChI is InChI=1S/C15H24O4/c1-3-11-8-12(13(9-11)15(16)17-2)10-19-14-6-4-5-7-18-14/h11,14H,3-10H2,1-2H3/t11-,14?/m1/s1. The number of rotatable bonds is 5. The predicted molar refractivity (Wildman–Crippen MR) is 71.6 cm³/mol. The van der Waals surface area contributed by atoms with Crippen molar-refractivity contribution in [2.45, 2.75) is 51.7 Å². The van der Waals surface area contributed by atoms with Crippen LogP contribution >= 0.6 is 0 Å². The van der Waals surface area contributed by atoms with Crippen LogP contribution in [-0.2, 0) is 19.0 Å². The van der Waals surface area contributed by atoms with Crippen LogP contribution in [0.3, 0.4) is 0 Å². The van der Waals surface area contributed by atoms with E-state index < -0.39 is 0 Å². The maximum atomic E-state index is 11.8. The lowest BCUT2D eigenvalue weighted by molar-refractivity contribution is -0.157. The molecule has 4 heteroatoms. The molecule has 0 spiro atoms. The van der Waals surface area contributed by atoms with Gasteiger partial charge in [0.2, 0.25) is 0 Å². The largest absolute Gasteiger partial charge is 0.466 e. The van der Waals surface area contributed by atoms with Crippen molar-refractivity contribution in [2.24, 2.45) is 5.92 Å². The fraction of sp³-hybridized carbons (Fsp3) is 0.800. The molecule has 0 radical (unpaired) electrons. The van der Waals surface area contributed by atoms with E-state index in [0.717, 1.165) is 56.3 Å². The molecule has 1 saturated heterocycles. The first kappa shape index (κ1) is 14.5. The molecule has 0 aromatic heterocycles. The Labute approximate surface area is 115 Å². The van der Waals surface area contributed by atoms with Crippen molar-refractivity contribution in [2.75, 3.05) is 20.3 Å². The second-order valence-corrected chi connectivity index (χ2v) is 5.36. The van der Waals surface area contributed by atoms with Gasteiger partial charge in [-0.1, -0.05) is 13.3 Å². The summed E-state index contributed by atoms with van der Waals surface area (Å²) in [7, 11) is 1.44. The highest BCUT2D eigenvalue weighted by Gasteiger charge is 2.28. The molecule has 1 heterocycles. The van der Waals surface area contributed by atoms with Crippen LogP contribution in [0.15, 0.2) is 11.1 Å². The zero-order valence-electron chi connectivity index (χ0n) is 11.9. The van der Waals surface area contributed by atoms with E-state index >= 15 is 0 Å². The Morgan fingerprint density at radius 3 is 2.84 bits per heavy atom. The Kier molecular flexibility index (Phi) is 5.40. The first-order chi connectivity index (χ1) is 9.24. The van der Waals surface area contributed by atoms with Crippen molar-refractivity contribution in [1.29, 1.82) is 0 Å². The molecule has 0 saturated carbocycles. The summed E-state index contributed by atoms with van der Waals surface area (Å²) in [6, 6.07) is 0. The average Bonchev–Trinajstić information content (AvgIpc) is 2.88. The number of esters is 1. The summed E-state index contributed by atoms with van der Waals surface area (Å²) in [5.74, 6) is 0.360. The SMILES string of the molecule is CC[C@@H]1CC(COC2CCCCO2)=C(C(=O)OC)C1. The fourth-order valence-corrected chi connectivity index (χ4v) is 2.80. The summed E-state index contributed by atoms with van der Waals surface area (Å²) in [6.07, 6.45) is 6.00. The molecule has 1 unspecified atom stereocenters. The molecule has 0 bridgehead atoms. The molecule has 0 aromatic rings. The van der Waals surface area contributed by atoms with Gasteiger partial charge >= 0.3 is 5.97 Å². The lowest BCUT2D eigenvalue weighted by Gasteiger charge is -2.23. The molecule has 0 aromatic carbocycles. The second kappa shape index (κ2) is 7.06. The van der Waals surface area contributed by atoms with E-state index in [4.69, 9.17) is 14.2 Å². The number of methoxy groups -OCH3 is 1. The zero-order valence-corrected chi connectivity index (χ0v) is 11.9. The normalized spacial score (nSPS) is 27.7. The van der Waals surface area contributed by atoms with Crippen LogP contribution in [0.5, 0.6) is 0 Å². The first-order valence-electron chi connectivity index (χ1n) is 7.27. The number of hydrogen-bond acceptors (Lipinski definition) is 4. The van der Waals surface area contributed by atoms with E-state index in [0.29, 0.717) is 12.5 Å². The quantitative estimate of drug-likeness (QED) is 0.719. The smallest absolute Gasteiger partial charge is 0.333 e. The van der Waals surface area contributed by atoms with Crippen molar-refractivity contribution in [3.8, 4) is 0 Å². The Hall–Kier alpha value is -0.870. The maximum absolute atomic E-state index is 11.8. The molecule has 19 heavy (non-hydrogen) atoms. The van der Waals surface area contributed by atoms with Crippen LogP contribution < -0.4 is 0 Å². The van der Waals surface area contributed by atoms with Crippen molar-refractivity contribution in [1.82, 2.24) is 0 Å². The van der Waals surface area contributed by atoms with Gasteiger partial charge in [-0.3, -0.25) is 0 Å². The van der Waals surface area contributed by atoms with Crippen LogP contribution in [0.4, 0.5) is 0 Å². The molecular weight excluding hydrogens is 244 g/mol. The van der Waals surface area contributed by atoms with Crippen LogP contribution in [0.25, 0.3) is 0 Å². The highest BCUT2D eigenvalue weighted by molar-refractivity contribution is 5.90. The average molecular weight is 268 g/mol. The van der Waals surface area contributed by atoms with Gasteiger partial charge in [0.25, 0.3) is 0 Å². The lowest BCUT2D eigenvalue weighted by Crippen LogP contribution is -2.23. The van der Waals surface area contributed by atoms with E-state index in [2.05, 4.69) is 6.92 Å². The number of ether oxygens (including phenoxy) is 3. The van der Waals surface area contributed by atoms with Gasteiger partial charge in [-0.25, -0.2) is 4.79 Å². The van der Waals surface area contributed by atoms with Crippen LogP contribution in [0.2, 0.25) is 0 Å². The zero-order chi connectivity index (χ0) is 13.7. The van der Waals surface area contributed by atoms with Gasteiger partial charge in [-0.05, 0) is 43.6 Å². The van der Waals surface area contributed by atoms with Gasteiger partial charge in [0.15, 0.2) is 6.29 Å². The van der Waals surface area contributed by atoms with Gasteiger partial charge in [0.05, 0.1) is 13.7 Å². The lowest BCUT2D eigenvalue weighted by atomic mass is 10.0. The molecule has 0 amide bonds. The molecule has 2 atom stereocenters. The maximum Gasteiger partial charge on any atom is 0.333 e. The van der Waals surface area contributed by atoms with Crippen molar-refractivity contribution in [3.63, 3.8) is 0 Å². The molecule has 1 aliphatic heterocycles. The fourth-order valence-electron chi connectivity index (χ4n) is 2.80. The minimum absolute atomic E-state index is 0.0965. The Morgan fingerprint density at radius 1 is 1.37 bits per heavy atom. The summed E-state index contributed by atoms with van der Waals surface area (Å²) in [5, 5.41) is 0. The van der Waals surface area contributed by atoms with Gasteiger partial charge in [-0.15, -0.1) is 0 Å². The molecule has 2 rings (SSSR count). The Morgan fingerprint density at radius 2 is 2.21 bits per heavy atom. The van der Waals surface area contributed by atoms with Gasteiger partial charge < -0.3 is 14.2 Å². The number of hydrogen-bond donors (Lipinski definition) is 0. The summed E-state index contributed by atoms with van der Waals surface area (Å²) in [4.78, 5) is 11.8. The third-order valence-electron chi connectivity index (χ3n) is 4.05. The third kappa shape index (κ3) is 3.80. The summed E-state index contributed by atoms with van der Waals surface area (Å²) in [6.45, 7) is 3.45. The molecule has 0 N–H and O–H groups in total. The van der Waals surface area contributed by atoms with Crippen LogP contribution in [-0.4, -0.2) is 32.6 Å². The summed E-state index contributed by atoms with van der Waals surface area (Å²) < 4.78 is 16.2. The minimum Gasteiger partial charge on any atom is -0.466 e. The number of carbonyl (C=O) groups is 1. The second-order valence-electron chi connectivity index (χ2n) is 5.36. The van der Waals surface area contributed by atoms with E-state index in [-0.39, 0.29) is 12.3 Å². The molecule has 4 nitrogen and oxygen atoms in total. The predicted octanol–water partition coefficient (Wildman–Crippen LogP) is 2.82. The van der Waals surface area contributed by atoms with E-state index in [9.17, 15) is 4.79 Å². The monoisotopic (exact) mass is 268 g/mol. The molecule has 1 aliphatic carbocycles. The van der Waals surface area contributed by atoms with E-state index in [1.54, 1.807) is 0 Å². The minimum atomic E-state index is -0.195. The highest BCUT2D eigenvalue weighted by Crippen LogP contribution is 2.34. The summed E-state index contributed by atoms with van der Waals surface area (Å²) >= 11 is 0.